The van der Waals surface area contributed by atoms with Gasteiger partial charge in [-0.2, -0.15) is 0 Å². The zero-order valence-electron chi connectivity index (χ0n) is 30.1. The van der Waals surface area contributed by atoms with Gasteiger partial charge in [0.05, 0.1) is 0 Å². The summed E-state index contributed by atoms with van der Waals surface area (Å²) in [5.74, 6) is 1.88. The predicted octanol–water partition coefficient (Wildman–Crippen LogP) is 14.1. The maximum atomic E-state index is 6.16. The highest BCUT2D eigenvalue weighted by Gasteiger charge is 2.19. The third-order valence-electron chi connectivity index (χ3n) is 10.6. The highest BCUT2D eigenvalue weighted by molar-refractivity contribution is 7.26. The Hall–Kier alpha value is -7.21. The fraction of sp³-hybridized carbons (Fsp3) is 0. The van der Waals surface area contributed by atoms with Crippen LogP contribution in [0.2, 0.25) is 0 Å². The van der Waals surface area contributed by atoms with Crippen LogP contribution in [-0.2, 0) is 0 Å². The van der Waals surface area contributed by atoms with E-state index in [1.165, 1.54) is 42.6 Å². The summed E-state index contributed by atoms with van der Waals surface area (Å²) < 4.78 is 8.56. The molecule has 0 saturated heterocycles. The molecule has 0 N–H and O–H groups in total. The summed E-state index contributed by atoms with van der Waals surface area (Å²) in [6, 6.07) is 65.8. The van der Waals surface area contributed by atoms with Crippen molar-refractivity contribution in [2.45, 2.75) is 0 Å². The summed E-state index contributed by atoms with van der Waals surface area (Å²) in [5.41, 5.74) is 11.7. The van der Waals surface area contributed by atoms with Crippen molar-refractivity contribution >= 4 is 53.4 Å². The number of para-hydroxylation sites is 1. The second-order valence-electron chi connectivity index (χ2n) is 13.9. The topological polar surface area (TPSA) is 51.8 Å². The van der Waals surface area contributed by atoms with Gasteiger partial charge in [-0.3, -0.25) is 0 Å². The van der Waals surface area contributed by atoms with Gasteiger partial charge >= 0.3 is 0 Å². The molecule has 0 amide bonds. The van der Waals surface area contributed by atoms with Gasteiger partial charge in [0.15, 0.2) is 17.5 Å². The SMILES string of the molecule is c1ccc(-c2nc(-c3ccc4oc5ccccc5c4c3)nc(-c3cccc4sc5ccc(-c6ccccc6-c6ccccc6-c6ccccc6)cc5c34)n2)cc1. The summed E-state index contributed by atoms with van der Waals surface area (Å²) in [7, 11) is 0. The zero-order chi connectivity index (χ0) is 37.0. The summed E-state index contributed by atoms with van der Waals surface area (Å²) in [6.45, 7) is 0. The molecule has 4 nitrogen and oxygen atoms in total. The van der Waals surface area contributed by atoms with Crippen molar-refractivity contribution in [1.29, 1.82) is 0 Å². The molecule has 3 heterocycles. The van der Waals surface area contributed by atoms with Gasteiger partial charge in [0.2, 0.25) is 0 Å². The Kier molecular flexibility index (Phi) is 7.64. The third kappa shape index (κ3) is 5.48. The number of hydrogen-bond acceptors (Lipinski definition) is 5. The second kappa shape index (κ2) is 13.3. The lowest BCUT2D eigenvalue weighted by atomic mass is 9.89. The van der Waals surface area contributed by atoms with E-state index in [1.807, 2.05) is 48.5 Å². The van der Waals surface area contributed by atoms with E-state index < -0.39 is 0 Å². The van der Waals surface area contributed by atoms with Gasteiger partial charge < -0.3 is 4.42 Å². The van der Waals surface area contributed by atoms with Crippen LogP contribution in [0.3, 0.4) is 0 Å². The molecule has 0 bridgehead atoms. The molecule has 3 aromatic heterocycles. The molecule has 0 aliphatic heterocycles. The molecule has 8 aromatic carbocycles. The van der Waals surface area contributed by atoms with Crippen LogP contribution in [0.25, 0.3) is 110 Å². The third-order valence-corrected chi connectivity index (χ3v) is 11.7. The summed E-state index contributed by atoms with van der Waals surface area (Å²) in [6.07, 6.45) is 0. The fourth-order valence-electron chi connectivity index (χ4n) is 7.94. The largest absolute Gasteiger partial charge is 0.456 e. The number of fused-ring (bicyclic) bond motifs is 6. The van der Waals surface area contributed by atoms with Crippen molar-refractivity contribution in [3.05, 3.63) is 188 Å². The molecular formula is C51H31N3OS. The van der Waals surface area contributed by atoms with E-state index in [9.17, 15) is 0 Å². The first-order valence-electron chi connectivity index (χ1n) is 18.7. The van der Waals surface area contributed by atoms with Crippen LogP contribution in [0, 0.1) is 0 Å². The Morgan fingerprint density at radius 1 is 0.321 bits per heavy atom. The maximum absolute atomic E-state index is 6.16. The maximum Gasteiger partial charge on any atom is 0.164 e. The molecule has 0 radical (unpaired) electrons. The first-order chi connectivity index (χ1) is 27.7. The molecule has 0 spiro atoms. The summed E-state index contributed by atoms with van der Waals surface area (Å²) in [4.78, 5) is 15.5. The predicted molar refractivity (Wildman–Crippen MR) is 233 cm³/mol. The van der Waals surface area contributed by atoms with Gasteiger partial charge in [0.25, 0.3) is 0 Å². The Bertz CT molecular complexity index is 3260. The minimum Gasteiger partial charge on any atom is -0.456 e. The van der Waals surface area contributed by atoms with E-state index in [0.717, 1.165) is 49.6 Å². The number of hydrogen-bond donors (Lipinski definition) is 0. The van der Waals surface area contributed by atoms with E-state index in [2.05, 4.69) is 140 Å². The first kappa shape index (κ1) is 32.2. The Morgan fingerprint density at radius 3 is 1.64 bits per heavy atom. The first-order valence-corrected chi connectivity index (χ1v) is 19.5. The lowest BCUT2D eigenvalue weighted by molar-refractivity contribution is 0.669. The van der Waals surface area contributed by atoms with Crippen LogP contribution in [0.4, 0.5) is 0 Å². The summed E-state index contributed by atoms with van der Waals surface area (Å²) >= 11 is 1.80. The van der Waals surface area contributed by atoms with Crippen LogP contribution in [0.15, 0.2) is 192 Å². The van der Waals surface area contributed by atoms with Gasteiger partial charge in [-0.25, -0.2) is 15.0 Å². The minimum absolute atomic E-state index is 0.615. The number of nitrogens with zero attached hydrogens (tertiary/aromatic N) is 3. The Labute approximate surface area is 327 Å². The number of furan rings is 1. The van der Waals surface area contributed by atoms with Gasteiger partial charge in [-0.15, -0.1) is 11.3 Å². The average molecular weight is 734 g/mol. The summed E-state index contributed by atoms with van der Waals surface area (Å²) in [5, 5.41) is 4.42. The molecule has 56 heavy (non-hydrogen) atoms. The van der Waals surface area contributed by atoms with Crippen molar-refractivity contribution in [2.75, 3.05) is 0 Å². The minimum atomic E-state index is 0.615. The van der Waals surface area contributed by atoms with Crippen LogP contribution in [-0.4, -0.2) is 15.0 Å². The standard InChI is InChI=1S/C51H31N3OS/c1-3-14-32(15-4-1)36-18-7-9-20-38(36)39-21-10-8-19-37(39)34-27-29-46-43(30-34)48-41(23-13-25-47(48)56-46)51-53-49(33-16-5-2-6-17-33)52-50(54-51)35-26-28-45-42(31-35)40-22-11-12-24-44(40)55-45/h1-31H. The number of thiophene rings is 1. The molecule has 262 valence electrons. The fourth-order valence-corrected chi connectivity index (χ4v) is 9.06. The molecule has 0 atom stereocenters. The van der Waals surface area contributed by atoms with Crippen LogP contribution >= 0.6 is 11.3 Å². The molecule has 11 aromatic rings. The number of rotatable bonds is 6. The lowest BCUT2D eigenvalue weighted by Gasteiger charge is -2.15. The average Bonchev–Trinajstić information content (AvgIpc) is 3.85. The number of aromatic nitrogens is 3. The molecule has 0 unspecified atom stereocenters. The van der Waals surface area contributed by atoms with Gasteiger partial charge in [0, 0.05) is 47.6 Å². The Balaban J connectivity index is 1.10. The van der Waals surface area contributed by atoms with E-state index >= 15 is 0 Å². The highest BCUT2D eigenvalue weighted by atomic mass is 32.1. The van der Waals surface area contributed by atoms with Crippen molar-refractivity contribution < 1.29 is 4.42 Å². The van der Waals surface area contributed by atoms with Crippen LogP contribution < -0.4 is 0 Å². The smallest absolute Gasteiger partial charge is 0.164 e. The van der Waals surface area contributed by atoms with Crippen LogP contribution in [0.1, 0.15) is 0 Å². The zero-order valence-corrected chi connectivity index (χ0v) is 30.9. The normalized spacial score (nSPS) is 11.6. The molecule has 11 rings (SSSR count). The molecule has 0 fully saturated rings. The quantitative estimate of drug-likeness (QED) is 0.171. The highest BCUT2D eigenvalue weighted by Crippen LogP contribution is 2.44. The monoisotopic (exact) mass is 733 g/mol. The lowest BCUT2D eigenvalue weighted by Crippen LogP contribution is -2.00. The second-order valence-corrected chi connectivity index (χ2v) is 15.0. The molecule has 0 saturated carbocycles. The van der Waals surface area contributed by atoms with Gasteiger partial charge in [0.1, 0.15) is 11.2 Å². The van der Waals surface area contributed by atoms with Crippen molar-refractivity contribution in [3.63, 3.8) is 0 Å². The van der Waals surface area contributed by atoms with Crippen molar-refractivity contribution in [3.8, 4) is 67.5 Å². The molecule has 0 aliphatic carbocycles. The van der Waals surface area contributed by atoms with Gasteiger partial charge in [-0.05, 0) is 75.8 Å². The number of benzene rings is 8. The van der Waals surface area contributed by atoms with E-state index in [-0.39, 0.29) is 0 Å². The molecule has 0 aliphatic rings. The van der Waals surface area contributed by atoms with Crippen LogP contribution in [0.5, 0.6) is 0 Å². The van der Waals surface area contributed by atoms with E-state index in [0.29, 0.717) is 17.5 Å². The molecule has 5 heteroatoms. The molecular weight excluding hydrogens is 703 g/mol. The Morgan fingerprint density at radius 2 is 0.875 bits per heavy atom. The van der Waals surface area contributed by atoms with E-state index in [4.69, 9.17) is 19.4 Å². The van der Waals surface area contributed by atoms with E-state index in [1.54, 1.807) is 11.3 Å². The van der Waals surface area contributed by atoms with Gasteiger partial charge in [-0.1, -0.05) is 146 Å². The van der Waals surface area contributed by atoms with Crippen molar-refractivity contribution in [2.24, 2.45) is 0 Å². The van der Waals surface area contributed by atoms with Crippen molar-refractivity contribution in [1.82, 2.24) is 15.0 Å².